The van der Waals surface area contributed by atoms with Gasteiger partial charge in [-0.3, -0.25) is 0 Å². The van der Waals surface area contributed by atoms with Gasteiger partial charge in [0.1, 0.15) is 5.56 Å². The van der Waals surface area contributed by atoms with Crippen molar-refractivity contribution in [3.63, 3.8) is 0 Å². The summed E-state index contributed by atoms with van der Waals surface area (Å²) in [5.74, 6) is -1.44. The van der Waals surface area contributed by atoms with Crippen LogP contribution in [-0.4, -0.2) is 40.8 Å². The van der Waals surface area contributed by atoms with Crippen LogP contribution in [-0.2, 0) is 0 Å². The molecule has 20 heavy (non-hydrogen) atoms. The van der Waals surface area contributed by atoms with Gasteiger partial charge in [-0.05, 0) is 4.92 Å². The van der Waals surface area contributed by atoms with Crippen LogP contribution in [0.3, 0.4) is 0 Å². The lowest BCUT2D eigenvalue weighted by atomic mass is 10.2. The minimum absolute atomic E-state index is 0.156. The van der Waals surface area contributed by atoms with Gasteiger partial charge in [0.15, 0.2) is 11.3 Å². The number of fused-ring (bicyclic) bond motifs is 1. The largest absolute Gasteiger partial charge is 0.476 e. The van der Waals surface area contributed by atoms with E-state index in [1.165, 1.54) is 29.2 Å². The SMILES string of the molecule is O=C(O)c1cc2ncc(-c3cn[nH]c3[N+](=O)[O-])cn2n1. The van der Waals surface area contributed by atoms with E-state index in [1.54, 1.807) is 0 Å². The fourth-order valence-electron chi connectivity index (χ4n) is 1.75. The molecule has 0 aliphatic rings. The third-order valence-corrected chi connectivity index (χ3v) is 2.65. The molecule has 0 radical (unpaired) electrons. The highest BCUT2D eigenvalue weighted by molar-refractivity contribution is 5.86. The Labute approximate surface area is 109 Å². The van der Waals surface area contributed by atoms with Gasteiger partial charge in [-0.15, -0.1) is 5.10 Å². The van der Waals surface area contributed by atoms with Crippen LogP contribution in [0.2, 0.25) is 0 Å². The summed E-state index contributed by atoms with van der Waals surface area (Å²) in [6.07, 6.45) is 4.13. The van der Waals surface area contributed by atoms with Crippen molar-refractivity contribution < 1.29 is 14.8 Å². The Kier molecular flexibility index (Phi) is 2.42. The summed E-state index contributed by atoms with van der Waals surface area (Å²) < 4.78 is 1.25. The molecule has 10 heteroatoms. The molecule has 0 aliphatic carbocycles. The van der Waals surface area contributed by atoms with Crippen molar-refractivity contribution in [3.8, 4) is 11.1 Å². The number of H-pyrrole nitrogens is 1. The van der Waals surface area contributed by atoms with Crippen LogP contribution < -0.4 is 0 Å². The van der Waals surface area contributed by atoms with Gasteiger partial charge in [-0.1, -0.05) is 5.10 Å². The minimum atomic E-state index is -1.17. The first kappa shape index (κ1) is 11.8. The number of hydrogen-bond donors (Lipinski definition) is 2. The number of rotatable bonds is 3. The predicted octanol–water partition coefficient (Wildman–Crippen LogP) is 0.726. The van der Waals surface area contributed by atoms with Crippen LogP contribution in [0.1, 0.15) is 10.5 Å². The second-order valence-corrected chi connectivity index (χ2v) is 3.87. The lowest BCUT2D eigenvalue weighted by Crippen LogP contribution is -1.98. The summed E-state index contributed by atoms with van der Waals surface area (Å²) in [7, 11) is 0. The van der Waals surface area contributed by atoms with E-state index in [2.05, 4.69) is 20.3 Å². The number of aromatic carboxylic acids is 1. The molecule has 0 unspecified atom stereocenters. The lowest BCUT2D eigenvalue weighted by molar-refractivity contribution is -0.388. The quantitative estimate of drug-likeness (QED) is 0.529. The number of carboxylic acid groups (broad SMARTS) is 1. The van der Waals surface area contributed by atoms with Crippen LogP contribution in [0.15, 0.2) is 24.7 Å². The summed E-state index contributed by atoms with van der Waals surface area (Å²) in [6, 6.07) is 1.30. The van der Waals surface area contributed by atoms with Crippen LogP contribution in [0.5, 0.6) is 0 Å². The molecule has 10 nitrogen and oxygen atoms in total. The third-order valence-electron chi connectivity index (χ3n) is 2.65. The van der Waals surface area contributed by atoms with E-state index in [4.69, 9.17) is 5.11 Å². The number of hydrogen-bond acceptors (Lipinski definition) is 6. The zero-order chi connectivity index (χ0) is 14.3. The highest BCUT2D eigenvalue weighted by Crippen LogP contribution is 2.26. The first-order valence-corrected chi connectivity index (χ1v) is 5.33. The summed E-state index contributed by atoms with van der Waals surface area (Å²) in [4.78, 5) is 25.1. The average Bonchev–Trinajstić information content (AvgIpc) is 3.04. The van der Waals surface area contributed by atoms with E-state index in [0.29, 0.717) is 11.2 Å². The molecule has 0 amide bonds. The maximum atomic E-state index is 10.8. The molecule has 3 aromatic rings. The molecule has 0 atom stereocenters. The van der Waals surface area contributed by atoms with Gasteiger partial charge < -0.3 is 15.2 Å². The summed E-state index contributed by atoms with van der Waals surface area (Å²) >= 11 is 0. The van der Waals surface area contributed by atoms with Crippen molar-refractivity contribution in [1.82, 2.24) is 24.8 Å². The number of aromatic amines is 1. The van der Waals surface area contributed by atoms with Crippen molar-refractivity contribution >= 4 is 17.4 Å². The van der Waals surface area contributed by atoms with Gasteiger partial charge in [-0.2, -0.15) is 5.10 Å². The first-order chi connectivity index (χ1) is 9.56. The second-order valence-electron chi connectivity index (χ2n) is 3.87. The fourth-order valence-corrected chi connectivity index (χ4v) is 1.75. The van der Waals surface area contributed by atoms with Gasteiger partial charge in [0.2, 0.25) is 0 Å². The number of aromatic nitrogens is 5. The predicted molar refractivity (Wildman–Crippen MR) is 64.2 cm³/mol. The zero-order valence-electron chi connectivity index (χ0n) is 9.72. The van der Waals surface area contributed by atoms with Crippen LogP contribution in [0, 0.1) is 10.1 Å². The monoisotopic (exact) mass is 274 g/mol. The minimum Gasteiger partial charge on any atom is -0.476 e. The third kappa shape index (κ3) is 1.75. The van der Waals surface area contributed by atoms with E-state index < -0.39 is 10.9 Å². The number of nitro groups is 1. The Bertz CT molecular complexity index is 835. The highest BCUT2D eigenvalue weighted by Gasteiger charge is 2.18. The molecule has 0 saturated carbocycles. The molecular weight excluding hydrogens is 268 g/mol. The molecule has 100 valence electrons. The van der Waals surface area contributed by atoms with Crippen LogP contribution in [0.4, 0.5) is 5.82 Å². The molecule has 3 rings (SSSR count). The van der Waals surface area contributed by atoms with E-state index in [1.807, 2.05) is 0 Å². The lowest BCUT2D eigenvalue weighted by Gasteiger charge is -1.99. The van der Waals surface area contributed by atoms with E-state index in [-0.39, 0.29) is 17.1 Å². The Hall–Kier alpha value is -3.30. The molecule has 3 heterocycles. The second kappa shape index (κ2) is 4.12. The zero-order valence-corrected chi connectivity index (χ0v) is 9.72. The number of carboxylic acids is 1. The number of nitrogens with one attached hydrogen (secondary N) is 1. The van der Waals surface area contributed by atoms with Gasteiger partial charge in [-0.25, -0.2) is 14.3 Å². The Morgan fingerprint density at radius 2 is 2.25 bits per heavy atom. The van der Waals surface area contributed by atoms with Crippen molar-refractivity contribution in [1.29, 1.82) is 0 Å². The summed E-state index contributed by atoms with van der Waals surface area (Å²) in [6.45, 7) is 0. The van der Waals surface area contributed by atoms with Gasteiger partial charge in [0, 0.05) is 24.0 Å². The summed E-state index contributed by atoms with van der Waals surface area (Å²) in [5.41, 5.74) is 0.823. The van der Waals surface area contributed by atoms with Gasteiger partial charge in [0.05, 0.1) is 6.20 Å². The maximum Gasteiger partial charge on any atom is 0.356 e. The number of nitrogens with zero attached hydrogens (tertiary/aromatic N) is 5. The molecular formula is C10H6N6O4. The van der Waals surface area contributed by atoms with E-state index in [9.17, 15) is 14.9 Å². The van der Waals surface area contributed by atoms with Crippen LogP contribution >= 0.6 is 0 Å². The van der Waals surface area contributed by atoms with Crippen molar-refractivity contribution in [3.05, 3.63) is 40.5 Å². The molecule has 3 aromatic heterocycles. The molecule has 0 aromatic carbocycles. The average molecular weight is 274 g/mol. The van der Waals surface area contributed by atoms with Gasteiger partial charge in [0.25, 0.3) is 0 Å². The molecule has 0 spiro atoms. The van der Waals surface area contributed by atoms with Crippen LogP contribution in [0.25, 0.3) is 16.8 Å². The summed E-state index contributed by atoms with van der Waals surface area (Å²) in [5, 5.41) is 29.4. The normalized spacial score (nSPS) is 10.8. The van der Waals surface area contributed by atoms with Crippen molar-refractivity contribution in [2.24, 2.45) is 0 Å². The standard InChI is InChI=1S/C10H6N6O4/c17-10(18)7-1-8-11-2-5(4-15(8)14-7)6-3-12-13-9(6)16(19)20/h1-4H,(H,12,13)(H,17,18). The van der Waals surface area contributed by atoms with E-state index >= 15 is 0 Å². The van der Waals surface area contributed by atoms with Gasteiger partial charge >= 0.3 is 11.8 Å². The molecule has 0 aliphatic heterocycles. The topological polar surface area (TPSA) is 139 Å². The first-order valence-electron chi connectivity index (χ1n) is 5.33. The molecule has 0 bridgehead atoms. The maximum absolute atomic E-state index is 10.8. The molecule has 2 N–H and O–H groups in total. The van der Waals surface area contributed by atoms with Crippen molar-refractivity contribution in [2.75, 3.05) is 0 Å². The van der Waals surface area contributed by atoms with Crippen molar-refractivity contribution in [2.45, 2.75) is 0 Å². The molecule has 0 saturated heterocycles. The molecule has 0 fully saturated rings. The number of carbonyl (C=O) groups is 1. The Morgan fingerprint density at radius 1 is 1.45 bits per heavy atom. The Morgan fingerprint density at radius 3 is 2.95 bits per heavy atom. The fraction of sp³-hybridized carbons (Fsp3) is 0. The highest BCUT2D eigenvalue weighted by atomic mass is 16.6. The smallest absolute Gasteiger partial charge is 0.356 e. The Balaban J connectivity index is 2.15. The van der Waals surface area contributed by atoms with E-state index in [0.717, 1.165) is 0 Å².